The van der Waals surface area contributed by atoms with Crippen LogP contribution in [0.15, 0.2) is 48.5 Å². The van der Waals surface area contributed by atoms with Gasteiger partial charge in [-0.2, -0.15) is 0 Å². The molecule has 0 aliphatic carbocycles. The first kappa shape index (κ1) is 16.4. The van der Waals surface area contributed by atoms with Crippen molar-refractivity contribution in [1.82, 2.24) is 0 Å². The minimum absolute atomic E-state index is 0.287. The number of hydrogen-bond donors (Lipinski definition) is 0. The molecule has 0 aliphatic rings. The molecule has 0 spiro atoms. The van der Waals surface area contributed by atoms with Crippen LogP contribution in [0.2, 0.25) is 0 Å². The second kappa shape index (κ2) is 7.88. The fraction of sp³-hybridized carbons (Fsp3) is 0.300. The van der Waals surface area contributed by atoms with Gasteiger partial charge in [-0.1, -0.05) is 75.2 Å². The molecule has 2 aromatic rings. The van der Waals surface area contributed by atoms with E-state index in [9.17, 15) is 8.78 Å². The van der Waals surface area contributed by atoms with Gasteiger partial charge in [0.1, 0.15) is 0 Å². The molecule has 0 aromatic heterocycles. The van der Waals surface area contributed by atoms with E-state index in [1.807, 2.05) is 24.3 Å². The predicted molar refractivity (Wildman–Crippen MR) is 89.9 cm³/mol. The maximum Gasteiger partial charge on any atom is 0.166 e. The van der Waals surface area contributed by atoms with Gasteiger partial charge >= 0.3 is 0 Å². The maximum absolute atomic E-state index is 14.3. The fourth-order valence-electron chi connectivity index (χ4n) is 2.47. The van der Waals surface area contributed by atoms with Gasteiger partial charge in [-0.15, -0.1) is 0 Å². The topological polar surface area (TPSA) is 0 Å². The van der Waals surface area contributed by atoms with Gasteiger partial charge in [-0.05, 0) is 24.0 Å². The Morgan fingerprint density at radius 1 is 0.636 bits per heavy atom. The highest BCUT2D eigenvalue weighted by molar-refractivity contribution is 5.83. The van der Waals surface area contributed by atoms with Crippen LogP contribution in [0.4, 0.5) is 8.78 Å². The Morgan fingerprint density at radius 2 is 0.955 bits per heavy atom. The summed E-state index contributed by atoms with van der Waals surface area (Å²) in [5, 5.41) is 0. The lowest BCUT2D eigenvalue weighted by molar-refractivity contribution is 0.700. The zero-order valence-corrected chi connectivity index (χ0v) is 13.2. The standard InChI is InChI=1S/C20H22F2/c1-3-5-15-7-11-17(12-8-15)19(21)20(22)18-13-9-16(6-4-2)10-14-18/h7-14H,3-6H2,1-2H3. The number of hydrogen-bond acceptors (Lipinski definition) is 0. The molecule has 2 aromatic carbocycles. The van der Waals surface area contributed by atoms with E-state index in [0.717, 1.165) is 36.8 Å². The summed E-state index contributed by atoms with van der Waals surface area (Å²) >= 11 is 0. The lowest BCUT2D eigenvalue weighted by Crippen LogP contribution is -1.88. The molecule has 0 nitrogen and oxygen atoms in total. The molecule has 0 unspecified atom stereocenters. The van der Waals surface area contributed by atoms with Gasteiger partial charge in [0.2, 0.25) is 0 Å². The van der Waals surface area contributed by atoms with Gasteiger partial charge < -0.3 is 0 Å². The lowest BCUT2D eigenvalue weighted by atomic mass is 10.0. The highest BCUT2D eigenvalue weighted by atomic mass is 19.2. The summed E-state index contributed by atoms with van der Waals surface area (Å²) < 4.78 is 28.6. The minimum atomic E-state index is -0.800. The predicted octanol–water partition coefficient (Wildman–Crippen LogP) is 6.36. The van der Waals surface area contributed by atoms with Crippen LogP contribution in [0.3, 0.4) is 0 Å². The highest BCUT2D eigenvalue weighted by Crippen LogP contribution is 2.29. The number of halogens is 2. The normalized spacial score (nSPS) is 12.2. The largest absolute Gasteiger partial charge is 0.203 e. The van der Waals surface area contributed by atoms with Crippen LogP contribution < -0.4 is 0 Å². The van der Waals surface area contributed by atoms with E-state index in [4.69, 9.17) is 0 Å². The van der Waals surface area contributed by atoms with E-state index in [1.54, 1.807) is 24.3 Å². The van der Waals surface area contributed by atoms with Crippen molar-refractivity contribution in [3.63, 3.8) is 0 Å². The zero-order valence-electron chi connectivity index (χ0n) is 13.2. The van der Waals surface area contributed by atoms with Gasteiger partial charge in [-0.3, -0.25) is 0 Å². The summed E-state index contributed by atoms with van der Waals surface area (Å²) in [6.07, 6.45) is 3.98. The van der Waals surface area contributed by atoms with Crippen molar-refractivity contribution in [2.24, 2.45) is 0 Å². The Bertz CT molecular complexity index is 564. The third kappa shape index (κ3) is 4.03. The van der Waals surface area contributed by atoms with Crippen LogP contribution in [0.5, 0.6) is 0 Å². The molecule has 0 heterocycles. The quantitative estimate of drug-likeness (QED) is 0.545. The first-order valence-corrected chi connectivity index (χ1v) is 7.89. The van der Waals surface area contributed by atoms with Gasteiger partial charge in [0.25, 0.3) is 0 Å². The monoisotopic (exact) mass is 300 g/mol. The van der Waals surface area contributed by atoms with E-state index in [0.29, 0.717) is 0 Å². The summed E-state index contributed by atoms with van der Waals surface area (Å²) in [7, 11) is 0. The molecular formula is C20H22F2. The molecule has 0 atom stereocenters. The molecule has 2 heteroatoms. The maximum atomic E-state index is 14.3. The molecule has 0 amide bonds. The highest BCUT2D eigenvalue weighted by Gasteiger charge is 2.11. The zero-order chi connectivity index (χ0) is 15.9. The molecule has 0 aliphatic heterocycles. The number of benzene rings is 2. The van der Waals surface area contributed by atoms with Crippen molar-refractivity contribution < 1.29 is 8.78 Å². The third-order valence-corrected chi connectivity index (χ3v) is 3.68. The van der Waals surface area contributed by atoms with Crippen molar-refractivity contribution >= 4 is 11.7 Å². The van der Waals surface area contributed by atoms with Gasteiger partial charge in [-0.25, -0.2) is 8.78 Å². The summed E-state index contributed by atoms with van der Waals surface area (Å²) in [4.78, 5) is 0. The smallest absolute Gasteiger partial charge is 0.166 e. The van der Waals surface area contributed by atoms with Gasteiger partial charge in [0, 0.05) is 11.1 Å². The second-order valence-corrected chi connectivity index (χ2v) is 5.52. The lowest BCUT2D eigenvalue weighted by Gasteiger charge is -2.05. The number of rotatable bonds is 6. The molecule has 0 bridgehead atoms. The van der Waals surface area contributed by atoms with Crippen molar-refractivity contribution in [1.29, 1.82) is 0 Å². The SMILES string of the molecule is CCCc1ccc(C(F)=C(F)c2ccc(CCC)cc2)cc1. The molecule has 0 N–H and O–H groups in total. The van der Waals surface area contributed by atoms with Crippen molar-refractivity contribution in [3.8, 4) is 0 Å². The Hall–Kier alpha value is -1.96. The van der Waals surface area contributed by atoms with Crippen molar-refractivity contribution in [2.75, 3.05) is 0 Å². The Morgan fingerprint density at radius 3 is 1.23 bits per heavy atom. The Balaban J connectivity index is 2.23. The van der Waals surface area contributed by atoms with Crippen LogP contribution in [-0.2, 0) is 12.8 Å². The summed E-state index contributed by atoms with van der Waals surface area (Å²) in [6.45, 7) is 4.19. The molecule has 0 saturated carbocycles. The van der Waals surface area contributed by atoms with Crippen LogP contribution >= 0.6 is 0 Å². The van der Waals surface area contributed by atoms with E-state index in [1.165, 1.54) is 0 Å². The van der Waals surface area contributed by atoms with E-state index >= 15 is 0 Å². The first-order valence-electron chi connectivity index (χ1n) is 7.89. The minimum Gasteiger partial charge on any atom is -0.203 e. The summed E-state index contributed by atoms with van der Waals surface area (Å²) in [5.41, 5.74) is 2.86. The van der Waals surface area contributed by atoms with Crippen LogP contribution in [0.25, 0.3) is 11.7 Å². The van der Waals surface area contributed by atoms with Crippen molar-refractivity contribution in [2.45, 2.75) is 39.5 Å². The van der Waals surface area contributed by atoms with Crippen LogP contribution in [0.1, 0.15) is 48.9 Å². The first-order chi connectivity index (χ1) is 10.7. The summed E-state index contributed by atoms with van der Waals surface area (Å²) in [5.74, 6) is -1.60. The molecule has 116 valence electrons. The molecular weight excluding hydrogens is 278 g/mol. The van der Waals surface area contributed by atoms with E-state index in [2.05, 4.69) is 13.8 Å². The van der Waals surface area contributed by atoms with E-state index in [-0.39, 0.29) is 11.1 Å². The Labute approximate surface area is 131 Å². The average molecular weight is 300 g/mol. The molecule has 0 radical (unpaired) electrons. The van der Waals surface area contributed by atoms with Gasteiger partial charge in [0.05, 0.1) is 0 Å². The molecule has 0 saturated heterocycles. The van der Waals surface area contributed by atoms with Crippen molar-refractivity contribution in [3.05, 3.63) is 70.8 Å². The Kier molecular flexibility index (Phi) is 5.88. The molecule has 2 rings (SSSR count). The number of aryl methyl sites for hydroxylation is 2. The molecule has 22 heavy (non-hydrogen) atoms. The summed E-state index contributed by atoms with van der Waals surface area (Å²) in [6, 6.07) is 14.0. The van der Waals surface area contributed by atoms with Crippen LogP contribution in [0, 0.1) is 0 Å². The van der Waals surface area contributed by atoms with E-state index < -0.39 is 11.7 Å². The van der Waals surface area contributed by atoms with Gasteiger partial charge in [0.15, 0.2) is 11.7 Å². The van der Waals surface area contributed by atoms with Crippen LogP contribution in [-0.4, -0.2) is 0 Å². The third-order valence-electron chi connectivity index (χ3n) is 3.68. The fourth-order valence-corrected chi connectivity index (χ4v) is 2.47. The molecule has 0 fully saturated rings. The average Bonchev–Trinajstić information content (AvgIpc) is 2.55. The second-order valence-electron chi connectivity index (χ2n) is 5.52.